The van der Waals surface area contributed by atoms with Crippen LogP contribution in [-0.4, -0.2) is 29.9 Å². The largest absolute Gasteiger partial charge is 0.341 e. The molecule has 1 fully saturated rings. The van der Waals surface area contributed by atoms with Gasteiger partial charge in [0.25, 0.3) is 0 Å². The molecule has 1 heterocycles. The average Bonchev–Trinajstić information content (AvgIpc) is 2.59. The molecule has 16 heavy (non-hydrogen) atoms. The first-order valence-corrected chi connectivity index (χ1v) is 6.68. The molecule has 2 atom stereocenters. The minimum absolute atomic E-state index is 0.184. The van der Waals surface area contributed by atoms with Gasteiger partial charge in [-0.15, -0.1) is 0 Å². The van der Waals surface area contributed by atoms with Gasteiger partial charge in [-0.2, -0.15) is 0 Å². The number of amides is 1. The van der Waals surface area contributed by atoms with E-state index in [1.807, 2.05) is 4.90 Å². The molecule has 0 spiro atoms. The van der Waals surface area contributed by atoms with Crippen LogP contribution in [0.3, 0.4) is 0 Å². The number of rotatable bonds is 6. The summed E-state index contributed by atoms with van der Waals surface area (Å²) in [5.41, 5.74) is 5.91. The van der Waals surface area contributed by atoms with Crippen LogP contribution in [0.1, 0.15) is 52.4 Å². The molecule has 0 aliphatic carbocycles. The molecule has 0 bridgehead atoms. The van der Waals surface area contributed by atoms with E-state index in [-0.39, 0.29) is 6.04 Å². The Morgan fingerprint density at radius 2 is 1.94 bits per heavy atom. The van der Waals surface area contributed by atoms with Crippen molar-refractivity contribution >= 4 is 5.91 Å². The summed E-state index contributed by atoms with van der Waals surface area (Å²) in [5, 5.41) is 0. The van der Waals surface area contributed by atoms with Gasteiger partial charge in [0.15, 0.2) is 0 Å². The molecule has 1 rings (SSSR count). The third-order valence-electron chi connectivity index (χ3n) is 3.52. The predicted molar refractivity (Wildman–Crippen MR) is 67.1 cm³/mol. The van der Waals surface area contributed by atoms with Crippen molar-refractivity contribution in [2.75, 3.05) is 13.1 Å². The zero-order valence-corrected chi connectivity index (χ0v) is 10.7. The maximum absolute atomic E-state index is 11.8. The van der Waals surface area contributed by atoms with Crippen molar-refractivity contribution in [2.45, 2.75) is 58.4 Å². The summed E-state index contributed by atoms with van der Waals surface area (Å²) in [7, 11) is 0. The number of nitrogens with zero attached hydrogens (tertiary/aromatic N) is 1. The number of carbonyl (C=O) groups excluding carboxylic acids is 1. The summed E-state index contributed by atoms with van der Waals surface area (Å²) < 4.78 is 0. The van der Waals surface area contributed by atoms with Gasteiger partial charge in [0, 0.05) is 25.6 Å². The number of hydrogen-bond donors (Lipinski definition) is 1. The molecule has 3 heteroatoms. The van der Waals surface area contributed by atoms with Gasteiger partial charge in [-0.3, -0.25) is 4.79 Å². The Balaban J connectivity index is 2.11. The van der Waals surface area contributed by atoms with Gasteiger partial charge >= 0.3 is 0 Å². The van der Waals surface area contributed by atoms with Crippen molar-refractivity contribution in [3.05, 3.63) is 0 Å². The molecule has 2 unspecified atom stereocenters. The van der Waals surface area contributed by atoms with Gasteiger partial charge in [0.2, 0.25) is 5.91 Å². The van der Waals surface area contributed by atoms with Crippen molar-refractivity contribution in [1.82, 2.24) is 4.90 Å². The quantitative estimate of drug-likeness (QED) is 0.705. The van der Waals surface area contributed by atoms with E-state index >= 15 is 0 Å². The molecule has 1 aliphatic rings. The van der Waals surface area contributed by atoms with E-state index in [0.29, 0.717) is 18.2 Å². The summed E-state index contributed by atoms with van der Waals surface area (Å²) in [6.07, 6.45) is 6.75. The van der Waals surface area contributed by atoms with Crippen LogP contribution in [0.5, 0.6) is 0 Å². The zero-order chi connectivity index (χ0) is 12.0. The number of hydrogen-bond acceptors (Lipinski definition) is 2. The first kappa shape index (κ1) is 13.5. The lowest BCUT2D eigenvalue weighted by atomic mass is 10.1. The van der Waals surface area contributed by atoms with E-state index in [1.165, 1.54) is 25.7 Å². The molecule has 2 N–H and O–H groups in total. The monoisotopic (exact) mass is 226 g/mol. The van der Waals surface area contributed by atoms with Crippen molar-refractivity contribution in [1.29, 1.82) is 0 Å². The van der Waals surface area contributed by atoms with Gasteiger partial charge in [-0.1, -0.05) is 39.5 Å². The Labute approximate surface area is 99.4 Å². The predicted octanol–water partition coefficient (Wildman–Crippen LogP) is 2.15. The lowest BCUT2D eigenvalue weighted by Crippen LogP contribution is -2.32. The Morgan fingerprint density at radius 3 is 2.50 bits per heavy atom. The highest BCUT2D eigenvalue weighted by atomic mass is 16.2. The van der Waals surface area contributed by atoms with Crippen molar-refractivity contribution in [2.24, 2.45) is 11.7 Å². The van der Waals surface area contributed by atoms with Crippen LogP contribution < -0.4 is 5.73 Å². The SMILES string of the molecule is CCCCCCCC(=O)N1CC(C)C(N)C1. The molecule has 0 aromatic heterocycles. The smallest absolute Gasteiger partial charge is 0.222 e. The minimum Gasteiger partial charge on any atom is -0.341 e. The first-order chi connectivity index (χ1) is 7.65. The van der Waals surface area contributed by atoms with E-state index in [0.717, 1.165) is 19.5 Å². The molecule has 3 nitrogen and oxygen atoms in total. The lowest BCUT2D eigenvalue weighted by molar-refractivity contribution is -0.130. The molecule has 1 aliphatic heterocycles. The lowest BCUT2D eigenvalue weighted by Gasteiger charge is -2.15. The number of nitrogens with two attached hydrogens (primary N) is 1. The summed E-state index contributed by atoms with van der Waals surface area (Å²) in [6, 6.07) is 0.184. The Kier molecular flexibility index (Phi) is 5.81. The second kappa shape index (κ2) is 6.89. The van der Waals surface area contributed by atoms with Crippen LogP contribution in [-0.2, 0) is 4.79 Å². The van der Waals surface area contributed by atoms with Crippen LogP contribution in [0.25, 0.3) is 0 Å². The fraction of sp³-hybridized carbons (Fsp3) is 0.923. The van der Waals surface area contributed by atoms with E-state index in [9.17, 15) is 4.79 Å². The van der Waals surface area contributed by atoms with Gasteiger partial charge in [-0.05, 0) is 12.3 Å². The maximum atomic E-state index is 11.8. The Hall–Kier alpha value is -0.570. The van der Waals surface area contributed by atoms with E-state index in [2.05, 4.69) is 13.8 Å². The molecule has 1 amide bonds. The summed E-state index contributed by atoms with van der Waals surface area (Å²) in [5.74, 6) is 0.764. The van der Waals surface area contributed by atoms with E-state index in [1.54, 1.807) is 0 Å². The van der Waals surface area contributed by atoms with E-state index in [4.69, 9.17) is 5.73 Å². The summed E-state index contributed by atoms with van der Waals surface area (Å²) in [6.45, 7) is 5.95. The van der Waals surface area contributed by atoms with Gasteiger partial charge < -0.3 is 10.6 Å². The minimum atomic E-state index is 0.184. The normalized spacial score (nSPS) is 25.1. The first-order valence-electron chi connectivity index (χ1n) is 6.68. The van der Waals surface area contributed by atoms with Crippen LogP contribution >= 0.6 is 0 Å². The third kappa shape index (κ3) is 4.12. The number of unbranched alkanes of at least 4 members (excludes halogenated alkanes) is 4. The molecule has 0 radical (unpaired) electrons. The molecule has 1 saturated heterocycles. The molecule has 0 aromatic rings. The van der Waals surface area contributed by atoms with E-state index < -0.39 is 0 Å². The fourth-order valence-corrected chi connectivity index (χ4v) is 2.23. The molecule has 94 valence electrons. The van der Waals surface area contributed by atoms with Gasteiger partial charge in [0.1, 0.15) is 0 Å². The molecule has 0 aromatic carbocycles. The second-order valence-corrected chi connectivity index (χ2v) is 5.10. The van der Waals surface area contributed by atoms with Gasteiger partial charge in [-0.25, -0.2) is 0 Å². The highest BCUT2D eigenvalue weighted by Crippen LogP contribution is 2.16. The highest BCUT2D eigenvalue weighted by Gasteiger charge is 2.29. The molecular weight excluding hydrogens is 200 g/mol. The van der Waals surface area contributed by atoms with Crippen LogP contribution in [0, 0.1) is 5.92 Å². The number of carbonyl (C=O) groups is 1. The maximum Gasteiger partial charge on any atom is 0.222 e. The number of likely N-dealkylation sites (tertiary alicyclic amines) is 1. The Bertz CT molecular complexity index is 208. The van der Waals surface area contributed by atoms with Crippen LogP contribution in [0.4, 0.5) is 0 Å². The Morgan fingerprint density at radius 1 is 1.25 bits per heavy atom. The fourth-order valence-electron chi connectivity index (χ4n) is 2.23. The second-order valence-electron chi connectivity index (χ2n) is 5.10. The molecule has 0 saturated carbocycles. The van der Waals surface area contributed by atoms with Crippen molar-refractivity contribution in [3.8, 4) is 0 Å². The van der Waals surface area contributed by atoms with Crippen LogP contribution in [0.2, 0.25) is 0 Å². The third-order valence-corrected chi connectivity index (χ3v) is 3.52. The van der Waals surface area contributed by atoms with Crippen molar-refractivity contribution in [3.63, 3.8) is 0 Å². The van der Waals surface area contributed by atoms with Crippen LogP contribution in [0.15, 0.2) is 0 Å². The average molecular weight is 226 g/mol. The standard InChI is InChI=1S/C13H26N2O/c1-3-4-5-6-7-8-13(16)15-9-11(2)12(14)10-15/h11-12H,3-10,14H2,1-2H3. The summed E-state index contributed by atoms with van der Waals surface area (Å²) in [4.78, 5) is 13.8. The van der Waals surface area contributed by atoms with Gasteiger partial charge in [0.05, 0.1) is 0 Å². The summed E-state index contributed by atoms with van der Waals surface area (Å²) >= 11 is 0. The molecular formula is C13H26N2O. The highest BCUT2D eigenvalue weighted by molar-refractivity contribution is 5.76. The van der Waals surface area contributed by atoms with Crippen molar-refractivity contribution < 1.29 is 4.79 Å². The topological polar surface area (TPSA) is 46.3 Å². The zero-order valence-electron chi connectivity index (χ0n) is 10.7.